The van der Waals surface area contributed by atoms with Crippen molar-refractivity contribution in [2.45, 2.75) is 38.6 Å². The minimum atomic E-state index is -3.86. The van der Waals surface area contributed by atoms with Crippen LogP contribution in [0.1, 0.15) is 25.0 Å². The van der Waals surface area contributed by atoms with E-state index in [1.54, 1.807) is 38.1 Å². The number of aryl methyl sites for hydroxylation is 2. The van der Waals surface area contributed by atoms with Crippen LogP contribution in [0.25, 0.3) is 0 Å². The van der Waals surface area contributed by atoms with Crippen molar-refractivity contribution in [1.29, 1.82) is 0 Å². The Labute approximate surface area is 164 Å². The monoisotopic (exact) mass is 410 g/mol. The summed E-state index contributed by atoms with van der Waals surface area (Å²) >= 11 is 5.90. The molecule has 0 radical (unpaired) electrons. The van der Waals surface area contributed by atoms with Crippen LogP contribution in [-0.4, -0.2) is 27.0 Å². The van der Waals surface area contributed by atoms with Crippen molar-refractivity contribution < 1.29 is 17.9 Å². The molecular formula is C19H23ClN2O4S. The number of hydrogen-bond donors (Lipinski definition) is 2. The fourth-order valence-corrected chi connectivity index (χ4v) is 3.98. The van der Waals surface area contributed by atoms with Crippen LogP contribution >= 0.6 is 11.6 Å². The first-order chi connectivity index (χ1) is 12.6. The van der Waals surface area contributed by atoms with Gasteiger partial charge in [-0.2, -0.15) is 4.72 Å². The molecule has 0 unspecified atom stereocenters. The maximum atomic E-state index is 12.6. The molecule has 0 aromatic heterocycles. The molecule has 8 heteroatoms. The molecule has 2 rings (SSSR count). The lowest BCUT2D eigenvalue weighted by atomic mass is 10.2. The molecule has 0 heterocycles. The predicted octanol–water partition coefficient (Wildman–Crippen LogP) is 3.66. The van der Waals surface area contributed by atoms with Crippen molar-refractivity contribution in [3.05, 3.63) is 52.5 Å². The molecule has 0 saturated carbocycles. The van der Waals surface area contributed by atoms with E-state index >= 15 is 0 Å². The van der Waals surface area contributed by atoms with E-state index in [0.29, 0.717) is 28.6 Å². The third-order valence-corrected chi connectivity index (χ3v) is 5.70. The van der Waals surface area contributed by atoms with Gasteiger partial charge in [0.05, 0.1) is 17.5 Å². The molecule has 0 spiro atoms. The molecule has 27 heavy (non-hydrogen) atoms. The van der Waals surface area contributed by atoms with Gasteiger partial charge in [0.25, 0.3) is 0 Å². The molecule has 0 aliphatic rings. The highest BCUT2D eigenvalue weighted by molar-refractivity contribution is 7.89. The minimum Gasteiger partial charge on any atom is -0.494 e. The number of amides is 1. The van der Waals surface area contributed by atoms with Crippen LogP contribution in [0.15, 0.2) is 41.3 Å². The highest BCUT2D eigenvalue weighted by Crippen LogP contribution is 2.22. The van der Waals surface area contributed by atoms with Gasteiger partial charge in [-0.05, 0) is 75.2 Å². The fourth-order valence-electron chi connectivity index (χ4n) is 2.47. The summed E-state index contributed by atoms with van der Waals surface area (Å²) in [5, 5.41) is 3.26. The SMILES string of the molecule is CCOc1ccc(S(=O)(=O)N[C@H](C)C(=O)Nc2ccc(Cl)cc2C)cc1C. The van der Waals surface area contributed by atoms with Crippen molar-refractivity contribution in [2.24, 2.45) is 0 Å². The van der Waals surface area contributed by atoms with E-state index in [1.165, 1.54) is 19.1 Å². The van der Waals surface area contributed by atoms with Crippen LogP contribution in [0.4, 0.5) is 5.69 Å². The van der Waals surface area contributed by atoms with Crippen molar-refractivity contribution in [1.82, 2.24) is 4.72 Å². The number of nitrogens with one attached hydrogen (secondary N) is 2. The second kappa shape index (κ2) is 8.73. The summed E-state index contributed by atoms with van der Waals surface area (Å²) in [4.78, 5) is 12.4. The van der Waals surface area contributed by atoms with E-state index in [-0.39, 0.29) is 4.90 Å². The number of sulfonamides is 1. The van der Waals surface area contributed by atoms with Gasteiger partial charge < -0.3 is 10.1 Å². The van der Waals surface area contributed by atoms with E-state index in [2.05, 4.69) is 10.0 Å². The Bertz CT molecular complexity index is 945. The summed E-state index contributed by atoms with van der Waals surface area (Å²) < 4.78 is 33.0. The number of carbonyl (C=O) groups is 1. The number of carbonyl (C=O) groups excluding carboxylic acids is 1. The van der Waals surface area contributed by atoms with Gasteiger partial charge >= 0.3 is 0 Å². The summed E-state index contributed by atoms with van der Waals surface area (Å²) in [5.74, 6) is 0.159. The standard InChI is InChI=1S/C19H23ClN2O4S/c1-5-26-18-9-7-16(11-13(18)3)27(24,25)22-14(4)19(23)21-17-8-6-15(20)10-12(17)2/h6-11,14,22H,5H2,1-4H3,(H,21,23)/t14-/m1/s1. The smallest absolute Gasteiger partial charge is 0.242 e. The van der Waals surface area contributed by atoms with E-state index < -0.39 is 22.0 Å². The third-order valence-electron chi connectivity index (χ3n) is 3.93. The van der Waals surface area contributed by atoms with E-state index in [9.17, 15) is 13.2 Å². The van der Waals surface area contributed by atoms with Gasteiger partial charge in [-0.1, -0.05) is 11.6 Å². The normalized spacial score (nSPS) is 12.5. The number of hydrogen-bond acceptors (Lipinski definition) is 4. The summed E-state index contributed by atoms with van der Waals surface area (Å²) in [6, 6.07) is 8.66. The summed E-state index contributed by atoms with van der Waals surface area (Å²) in [6.45, 7) is 7.41. The molecule has 146 valence electrons. The summed E-state index contributed by atoms with van der Waals surface area (Å²) in [5.41, 5.74) is 2.06. The number of ether oxygens (including phenoxy) is 1. The molecule has 2 aromatic rings. The largest absolute Gasteiger partial charge is 0.494 e. The Morgan fingerprint density at radius 1 is 1.15 bits per heavy atom. The van der Waals surface area contributed by atoms with Crippen LogP contribution in [0, 0.1) is 13.8 Å². The Kier molecular flexibility index (Phi) is 6.86. The van der Waals surface area contributed by atoms with Gasteiger partial charge in [0.1, 0.15) is 5.75 Å². The number of anilines is 1. The predicted molar refractivity (Wildman–Crippen MR) is 107 cm³/mol. The Balaban J connectivity index is 2.12. The molecule has 2 N–H and O–H groups in total. The Morgan fingerprint density at radius 3 is 2.44 bits per heavy atom. The lowest BCUT2D eigenvalue weighted by molar-refractivity contribution is -0.117. The first-order valence-electron chi connectivity index (χ1n) is 8.47. The van der Waals surface area contributed by atoms with Crippen LogP contribution in [0.3, 0.4) is 0 Å². The Hall–Kier alpha value is -2.09. The number of halogens is 1. The summed E-state index contributed by atoms with van der Waals surface area (Å²) in [6.07, 6.45) is 0. The molecular weight excluding hydrogens is 388 g/mol. The van der Waals surface area contributed by atoms with Gasteiger partial charge in [0, 0.05) is 10.7 Å². The Morgan fingerprint density at radius 2 is 1.85 bits per heavy atom. The average Bonchev–Trinajstić information content (AvgIpc) is 2.58. The lowest BCUT2D eigenvalue weighted by Crippen LogP contribution is -2.41. The van der Waals surface area contributed by atoms with Crippen LogP contribution in [0.2, 0.25) is 5.02 Å². The maximum Gasteiger partial charge on any atom is 0.242 e. The average molecular weight is 411 g/mol. The van der Waals surface area contributed by atoms with Crippen molar-refractivity contribution in [3.8, 4) is 5.75 Å². The van der Waals surface area contributed by atoms with Crippen LogP contribution < -0.4 is 14.8 Å². The fraction of sp³-hybridized carbons (Fsp3) is 0.316. The lowest BCUT2D eigenvalue weighted by Gasteiger charge is -2.16. The third kappa shape index (κ3) is 5.45. The maximum absolute atomic E-state index is 12.6. The van der Waals surface area contributed by atoms with Gasteiger partial charge in [0.15, 0.2) is 0 Å². The van der Waals surface area contributed by atoms with Crippen molar-refractivity contribution in [3.63, 3.8) is 0 Å². The van der Waals surface area contributed by atoms with Crippen LogP contribution in [-0.2, 0) is 14.8 Å². The molecule has 0 fully saturated rings. The topological polar surface area (TPSA) is 84.5 Å². The van der Waals surface area contributed by atoms with Gasteiger partial charge in [-0.25, -0.2) is 8.42 Å². The molecule has 0 aliphatic carbocycles. The molecule has 0 saturated heterocycles. The summed E-state index contributed by atoms with van der Waals surface area (Å²) in [7, 11) is -3.86. The number of benzene rings is 2. The molecule has 2 aromatic carbocycles. The zero-order chi connectivity index (χ0) is 20.2. The van der Waals surface area contributed by atoms with Gasteiger partial charge in [0.2, 0.25) is 15.9 Å². The molecule has 1 amide bonds. The second-order valence-electron chi connectivity index (χ2n) is 6.15. The first-order valence-corrected chi connectivity index (χ1v) is 10.3. The minimum absolute atomic E-state index is 0.0748. The zero-order valence-corrected chi connectivity index (χ0v) is 17.2. The molecule has 0 aliphatic heterocycles. The highest BCUT2D eigenvalue weighted by atomic mass is 35.5. The zero-order valence-electron chi connectivity index (χ0n) is 15.7. The quantitative estimate of drug-likeness (QED) is 0.729. The van der Waals surface area contributed by atoms with Gasteiger partial charge in [-0.3, -0.25) is 4.79 Å². The van der Waals surface area contributed by atoms with Gasteiger partial charge in [-0.15, -0.1) is 0 Å². The highest BCUT2D eigenvalue weighted by Gasteiger charge is 2.23. The van der Waals surface area contributed by atoms with E-state index in [1.807, 2.05) is 6.92 Å². The molecule has 0 bridgehead atoms. The first kappa shape index (κ1) is 21.2. The molecule has 1 atom stereocenters. The van der Waals surface area contributed by atoms with E-state index in [4.69, 9.17) is 16.3 Å². The molecule has 6 nitrogen and oxygen atoms in total. The van der Waals surface area contributed by atoms with Crippen molar-refractivity contribution >= 4 is 33.2 Å². The van der Waals surface area contributed by atoms with Crippen LogP contribution in [0.5, 0.6) is 5.75 Å². The van der Waals surface area contributed by atoms with Crippen molar-refractivity contribution in [2.75, 3.05) is 11.9 Å². The second-order valence-corrected chi connectivity index (χ2v) is 8.30. The number of rotatable bonds is 7. The van der Waals surface area contributed by atoms with E-state index in [0.717, 1.165) is 5.56 Å².